The Kier molecular flexibility index (Phi) is 55.6. The number of hydrogen-bond donors (Lipinski definition) is 1. The molecule has 0 aliphatic rings. The van der Waals surface area contributed by atoms with Gasteiger partial charge in [-0.15, -0.1) is 0 Å². The van der Waals surface area contributed by atoms with E-state index in [2.05, 4.69) is 19.1 Å². The molecule has 0 radical (unpaired) electrons. The molecule has 63 heavy (non-hydrogen) atoms. The Morgan fingerprint density at radius 1 is 0.302 bits per heavy atom. The summed E-state index contributed by atoms with van der Waals surface area (Å²) in [6.45, 7) is 2.91. The first-order valence-electron chi connectivity index (χ1n) is 29.2. The average Bonchev–Trinajstić information content (AvgIpc) is 3.28. The van der Waals surface area contributed by atoms with Gasteiger partial charge in [-0.25, -0.2) is 0 Å². The second-order valence-electron chi connectivity index (χ2n) is 20.1. The van der Waals surface area contributed by atoms with Gasteiger partial charge < -0.3 is 9.84 Å². The van der Waals surface area contributed by atoms with Gasteiger partial charge in [0.1, 0.15) is 0 Å². The maximum atomic E-state index is 12.1. The number of carboxylic acid groups (broad SMARTS) is 1. The molecule has 0 aromatic rings. The van der Waals surface area contributed by atoms with Gasteiger partial charge in [-0.05, 0) is 44.9 Å². The Balaban J connectivity index is 3.15. The van der Waals surface area contributed by atoms with Gasteiger partial charge in [0, 0.05) is 12.8 Å². The zero-order chi connectivity index (χ0) is 45.5. The van der Waals surface area contributed by atoms with Crippen molar-refractivity contribution >= 4 is 11.9 Å². The molecule has 4 nitrogen and oxygen atoms in total. The van der Waals surface area contributed by atoms with E-state index in [1.165, 1.54) is 302 Å². The molecular weight excluding hydrogens is 773 g/mol. The van der Waals surface area contributed by atoms with Crippen molar-refractivity contribution in [1.29, 1.82) is 0 Å². The molecule has 0 aromatic heterocycles. The number of esters is 1. The highest BCUT2D eigenvalue weighted by molar-refractivity contribution is 5.69. The molecule has 0 aromatic carbocycles. The first-order valence-corrected chi connectivity index (χ1v) is 29.2. The molecule has 0 aliphatic heterocycles. The smallest absolute Gasteiger partial charge is 0.305 e. The van der Waals surface area contributed by atoms with Crippen LogP contribution in [0.3, 0.4) is 0 Å². The summed E-state index contributed by atoms with van der Waals surface area (Å²) < 4.78 is 5.50. The molecule has 0 spiro atoms. The van der Waals surface area contributed by atoms with Gasteiger partial charge in [-0.3, -0.25) is 9.59 Å². The third-order valence-electron chi connectivity index (χ3n) is 13.7. The van der Waals surface area contributed by atoms with Gasteiger partial charge in [0.15, 0.2) is 0 Å². The number of unbranched alkanes of at least 4 members (excludes halogenated alkanes) is 48. The summed E-state index contributed by atoms with van der Waals surface area (Å²) >= 11 is 0. The fourth-order valence-corrected chi connectivity index (χ4v) is 9.34. The predicted molar refractivity (Wildman–Crippen MR) is 278 cm³/mol. The first kappa shape index (κ1) is 61.7. The monoisotopic (exact) mass is 887 g/mol. The van der Waals surface area contributed by atoms with E-state index in [1.807, 2.05) is 0 Å². The predicted octanol–water partition coefficient (Wildman–Crippen LogP) is 20.9. The van der Waals surface area contributed by atoms with E-state index in [0.29, 0.717) is 19.4 Å². The number of hydrogen-bond acceptors (Lipinski definition) is 3. The summed E-state index contributed by atoms with van der Waals surface area (Å²) in [5, 5.41) is 8.67. The van der Waals surface area contributed by atoms with Crippen molar-refractivity contribution in [2.24, 2.45) is 0 Å². The zero-order valence-corrected chi connectivity index (χ0v) is 43.0. The summed E-state index contributed by atoms with van der Waals surface area (Å²) in [5.41, 5.74) is 0. The van der Waals surface area contributed by atoms with E-state index < -0.39 is 5.97 Å². The Bertz CT molecular complexity index is 898. The molecule has 0 amide bonds. The van der Waals surface area contributed by atoms with E-state index in [1.54, 1.807) is 0 Å². The Morgan fingerprint density at radius 3 is 0.794 bits per heavy atom. The highest BCUT2D eigenvalue weighted by Gasteiger charge is 2.03. The van der Waals surface area contributed by atoms with E-state index in [-0.39, 0.29) is 5.97 Å². The van der Waals surface area contributed by atoms with E-state index in [0.717, 1.165) is 25.7 Å². The summed E-state index contributed by atoms with van der Waals surface area (Å²) in [6, 6.07) is 0. The lowest BCUT2D eigenvalue weighted by Gasteiger charge is -2.06. The summed E-state index contributed by atoms with van der Waals surface area (Å²) in [7, 11) is 0. The van der Waals surface area contributed by atoms with Crippen LogP contribution < -0.4 is 0 Å². The van der Waals surface area contributed by atoms with Crippen molar-refractivity contribution in [3.05, 3.63) is 12.2 Å². The van der Waals surface area contributed by atoms with Crippen LogP contribution in [-0.4, -0.2) is 23.7 Å². The quantitative estimate of drug-likeness (QED) is 0.0375. The molecule has 0 unspecified atom stereocenters. The van der Waals surface area contributed by atoms with Gasteiger partial charge >= 0.3 is 11.9 Å². The van der Waals surface area contributed by atoms with Crippen molar-refractivity contribution in [3.8, 4) is 0 Å². The minimum Gasteiger partial charge on any atom is -0.481 e. The minimum absolute atomic E-state index is 0.0240. The largest absolute Gasteiger partial charge is 0.481 e. The van der Waals surface area contributed by atoms with Crippen LogP contribution in [0.15, 0.2) is 12.2 Å². The fraction of sp³-hybridized carbons (Fsp3) is 0.932. The van der Waals surface area contributed by atoms with E-state index in [4.69, 9.17) is 9.84 Å². The number of allylic oxidation sites excluding steroid dienone is 2. The highest BCUT2D eigenvalue weighted by atomic mass is 16.5. The first-order chi connectivity index (χ1) is 31.2. The minimum atomic E-state index is -0.651. The van der Waals surface area contributed by atoms with Crippen LogP contribution in [-0.2, 0) is 14.3 Å². The van der Waals surface area contributed by atoms with Crippen LogP contribution in [0, 0.1) is 0 Å². The van der Waals surface area contributed by atoms with Crippen LogP contribution in [0.25, 0.3) is 0 Å². The number of carboxylic acids is 1. The molecule has 0 saturated carbocycles. The molecular formula is C59H114O4. The van der Waals surface area contributed by atoms with Gasteiger partial charge in [0.2, 0.25) is 0 Å². The summed E-state index contributed by atoms with van der Waals surface area (Å²) in [6.07, 6.45) is 74.8. The van der Waals surface area contributed by atoms with Crippen LogP contribution in [0.5, 0.6) is 0 Å². The fourth-order valence-electron chi connectivity index (χ4n) is 9.34. The maximum absolute atomic E-state index is 12.1. The Hall–Kier alpha value is -1.32. The lowest BCUT2D eigenvalue weighted by atomic mass is 10.0. The van der Waals surface area contributed by atoms with Gasteiger partial charge in [-0.1, -0.05) is 302 Å². The van der Waals surface area contributed by atoms with Gasteiger partial charge in [0.25, 0.3) is 0 Å². The van der Waals surface area contributed by atoms with Crippen molar-refractivity contribution < 1.29 is 19.4 Å². The third-order valence-corrected chi connectivity index (χ3v) is 13.7. The lowest BCUT2D eigenvalue weighted by Crippen LogP contribution is -2.05. The summed E-state index contributed by atoms with van der Waals surface area (Å²) in [4.78, 5) is 22.6. The molecule has 0 heterocycles. The van der Waals surface area contributed by atoms with Crippen molar-refractivity contribution in [2.45, 2.75) is 347 Å². The molecule has 4 heteroatoms. The Morgan fingerprint density at radius 2 is 0.524 bits per heavy atom. The second kappa shape index (κ2) is 56.8. The molecule has 0 bridgehead atoms. The van der Waals surface area contributed by atoms with Gasteiger partial charge in [0.05, 0.1) is 6.61 Å². The van der Waals surface area contributed by atoms with Gasteiger partial charge in [-0.2, -0.15) is 0 Å². The highest BCUT2D eigenvalue weighted by Crippen LogP contribution is 2.18. The number of rotatable bonds is 56. The standard InChI is InChI=1S/C59H114O4/c1-2-3-4-5-6-7-8-9-10-11-28-32-35-38-41-44-47-50-53-56-59(62)63-57-54-51-48-45-42-39-36-33-30-27-25-23-21-19-17-15-13-12-14-16-18-20-22-24-26-29-31-34-37-40-43-46-49-52-55-58(60)61/h9-10H,2-8,11-57H2,1H3,(H,60,61). The lowest BCUT2D eigenvalue weighted by molar-refractivity contribution is -0.144. The van der Waals surface area contributed by atoms with Crippen LogP contribution in [0.1, 0.15) is 347 Å². The number of carbonyl (C=O) groups excluding carboxylic acids is 1. The van der Waals surface area contributed by atoms with Crippen LogP contribution in [0.4, 0.5) is 0 Å². The second-order valence-corrected chi connectivity index (χ2v) is 20.1. The molecule has 1 N–H and O–H groups in total. The van der Waals surface area contributed by atoms with Crippen LogP contribution >= 0.6 is 0 Å². The van der Waals surface area contributed by atoms with E-state index >= 15 is 0 Å². The van der Waals surface area contributed by atoms with E-state index in [9.17, 15) is 9.59 Å². The zero-order valence-electron chi connectivity index (χ0n) is 43.0. The third kappa shape index (κ3) is 58.7. The van der Waals surface area contributed by atoms with Crippen LogP contribution in [0.2, 0.25) is 0 Å². The topological polar surface area (TPSA) is 63.6 Å². The normalized spacial score (nSPS) is 11.6. The summed E-state index contributed by atoms with van der Waals surface area (Å²) in [5.74, 6) is -0.627. The Labute approximate surface area is 395 Å². The molecule has 0 aliphatic carbocycles. The number of aliphatic carboxylic acids is 1. The van der Waals surface area contributed by atoms with Crippen molar-refractivity contribution in [3.63, 3.8) is 0 Å². The number of carbonyl (C=O) groups is 2. The van der Waals surface area contributed by atoms with Crippen molar-refractivity contribution in [2.75, 3.05) is 6.61 Å². The molecule has 374 valence electrons. The SMILES string of the molecule is CCCCCCCCC=CCCCCCCCCCCCC(=O)OCCCCCCCCCCCCCCCCCCCCCCCCCCCCCCCCCCCCC(=O)O. The molecule has 0 rings (SSSR count). The molecule has 0 fully saturated rings. The van der Waals surface area contributed by atoms with Crippen molar-refractivity contribution in [1.82, 2.24) is 0 Å². The average molecular weight is 888 g/mol. The molecule has 0 atom stereocenters. The number of ether oxygens (including phenoxy) is 1. The molecule has 0 saturated heterocycles. The maximum Gasteiger partial charge on any atom is 0.305 e.